The van der Waals surface area contributed by atoms with Gasteiger partial charge in [-0.25, -0.2) is 0 Å². The minimum absolute atomic E-state index is 0.0564. The quantitative estimate of drug-likeness (QED) is 0.621. The number of hydrogen-bond donors (Lipinski definition) is 2. The van der Waals surface area contributed by atoms with E-state index in [4.69, 9.17) is 10.5 Å². The van der Waals surface area contributed by atoms with Gasteiger partial charge in [0.05, 0.1) is 5.69 Å². The zero-order chi connectivity index (χ0) is 14.5. The van der Waals surface area contributed by atoms with E-state index in [0.717, 1.165) is 30.3 Å². The lowest BCUT2D eigenvalue weighted by molar-refractivity contribution is -0.118. The van der Waals surface area contributed by atoms with Crippen molar-refractivity contribution in [1.29, 1.82) is 0 Å². The van der Waals surface area contributed by atoms with E-state index in [0.29, 0.717) is 17.1 Å². The minimum atomic E-state index is -0.124. The van der Waals surface area contributed by atoms with E-state index in [1.807, 2.05) is 6.07 Å². The van der Waals surface area contributed by atoms with E-state index in [1.54, 1.807) is 17.8 Å². The number of carbonyl (C=O) groups excluding carboxylic acids is 1. The number of nitrogens with one attached hydrogen (secondary N) is 1. The van der Waals surface area contributed by atoms with Gasteiger partial charge in [-0.3, -0.25) is 4.79 Å². The molecule has 6 heteroatoms. The van der Waals surface area contributed by atoms with Crippen LogP contribution in [0.1, 0.15) is 13.8 Å². The number of hydrogen-bond acceptors (Lipinski definition) is 5. The summed E-state index contributed by atoms with van der Waals surface area (Å²) in [5.41, 5.74) is 7.44. The molecule has 20 heavy (non-hydrogen) atoms. The van der Waals surface area contributed by atoms with Gasteiger partial charge >= 0.3 is 0 Å². The molecule has 5 nitrogen and oxygen atoms in total. The maximum atomic E-state index is 11.3. The summed E-state index contributed by atoms with van der Waals surface area (Å²) >= 11 is 1.71. The second kappa shape index (κ2) is 6.85. The van der Waals surface area contributed by atoms with Crippen molar-refractivity contribution in [3.05, 3.63) is 12.1 Å². The van der Waals surface area contributed by atoms with Crippen molar-refractivity contribution >= 4 is 29.0 Å². The van der Waals surface area contributed by atoms with Gasteiger partial charge in [0.15, 0.2) is 6.61 Å². The molecule has 0 radical (unpaired) electrons. The molecule has 1 aromatic rings. The number of nitrogens with two attached hydrogens (primary N) is 1. The molecule has 0 aliphatic carbocycles. The standard InChI is InChI=1S/C14H21N3O2S/c1-3-17(4-2)5-6-20-13-8-11-12(7-10(13)15)19-9-14(18)16-11/h7-8H,3-6,9,15H2,1-2H3,(H,16,18). The van der Waals surface area contributed by atoms with Gasteiger partial charge in [0.2, 0.25) is 0 Å². The fraction of sp³-hybridized carbons (Fsp3) is 0.500. The van der Waals surface area contributed by atoms with Gasteiger partial charge in [-0.15, -0.1) is 11.8 Å². The summed E-state index contributed by atoms with van der Waals surface area (Å²) in [7, 11) is 0. The van der Waals surface area contributed by atoms with Crippen molar-refractivity contribution in [3.8, 4) is 5.75 Å². The summed E-state index contributed by atoms with van der Waals surface area (Å²) in [4.78, 5) is 14.7. The van der Waals surface area contributed by atoms with Crippen LogP contribution in [-0.2, 0) is 4.79 Å². The number of fused-ring (bicyclic) bond motifs is 1. The summed E-state index contributed by atoms with van der Waals surface area (Å²) < 4.78 is 5.34. The highest BCUT2D eigenvalue weighted by Crippen LogP contribution is 2.36. The van der Waals surface area contributed by atoms with Gasteiger partial charge in [-0.2, -0.15) is 0 Å². The zero-order valence-electron chi connectivity index (χ0n) is 11.9. The predicted octanol–water partition coefficient (Wildman–Crippen LogP) is 2.03. The van der Waals surface area contributed by atoms with E-state index < -0.39 is 0 Å². The van der Waals surface area contributed by atoms with Gasteiger partial charge in [-0.1, -0.05) is 13.8 Å². The molecule has 110 valence electrons. The van der Waals surface area contributed by atoms with Crippen LogP contribution in [0.4, 0.5) is 11.4 Å². The van der Waals surface area contributed by atoms with E-state index >= 15 is 0 Å². The summed E-state index contributed by atoms with van der Waals surface area (Å²) in [5, 5.41) is 2.81. The van der Waals surface area contributed by atoms with Crippen LogP contribution in [-0.4, -0.2) is 42.8 Å². The van der Waals surface area contributed by atoms with Crippen molar-refractivity contribution in [1.82, 2.24) is 4.90 Å². The van der Waals surface area contributed by atoms with Crippen LogP contribution in [0, 0.1) is 0 Å². The molecule has 1 aliphatic heterocycles. The molecule has 3 N–H and O–H groups in total. The number of ether oxygens (including phenoxy) is 1. The summed E-state index contributed by atoms with van der Waals surface area (Å²) in [6.45, 7) is 7.52. The van der Waals surface area contributed by atoms with Gasteiger partial charge in [0.25, 0.3) is 5.91 Å². The fourth-order valence-corrected chi connectivity index (χ4v) is 3.07. The number of nitrogen functional groups attached to an aromatic ring is 1. The number of carbonyl (C=O) groups is 1. The molecule has 0 unspecified atom stereocenters. The molecule has 1 aromatic carbocycles. The third-order valence-electron chi connectivity index (χ3n) is 3.30. The lowest BCUT2D eigenvalue weighted by Gasteiger charge is -2.20. The molecule has 1 aliphatic rings. The third kappa shape index (κ3) is 3.58. The second-order valence-electron chi connectivity index (χ2n) is 4.60. The zero-order valence-corrected chi connectivity index (χ0v) is 12.8. The molecule has 0 saturated carbocycles. The number of nitrogens with zero attached hydrogens (tertiary/aromatic N) is 1. The van der Waals surface area contributed by atoms with Crippen LogP contribution in [0.25, 0.3) is 0 Å². The van der Waals surface area contributed by atoms with E-state index in [2.05, 4.69) is 24.1 Å². The van der Waals surface area contributed by atoms with Gasteiger partial charge in [-0.05, 0) is 19.2 Å². The molecule has 0 atom stereocenters. The highest BCUT2D eigenvalue weighted by Gasteiger charge is 2.18. The first-order valence-corrected chi connectivity index (χ1v) is 7.84. The Bertz CT molecular complexity index is 490. The van der Waals surface area contributed by atoms with Gasteiger partial charge in [0, 0.05) is 28.9 Å². The third-order valence-corrected chi connectivity index (χ3v) is 4.36. The average Bonchev–Trinajstić information content (AvgIpc) is 2.44. The first kappa shape index (κ1) is 15.0. The summed E-state index contributed by atoms with van der Waals surface area (Å²) in [6.07, 6.45) is 0. The van der Waals surface area contributed by atoms with Crippen molar-refractivity contribution in [3.63, 3.8) is 0 Å². The maximum absolute atomic E-state index is 11.3. The lowest BCUT2D eigenvalue weighted by atomic mass is 10.2. The number of rotatable bonds is 6. The summed E-state index contributed by atoms with van der Waals surface area (Å²) in [5.74, 6) is 1.50. The Balaban J connectivity index is 2.01. The Morgan fingerprint density at radius 2 is 2.15 bits per heavy atom. The molecule has 0 fully saturated rings. The monoisotopic (exact) mass is 295 g/mol. The Morgan fingerprint density at radius 3 is 2.85 bits per heavy atom. The Hall–Kier alpha value is -1.40. The first-order chi connectivity index (χ1) is 9.63. The van der Waals surface area contributed by atoms with Gasteiger partial charge < -0.3 is 20.7 Å². The number of amides is 1. The smallest absolute Gasteiger partial charge is 0.262 e. The topological polar surface area (TPSA) is 67.6 Å². The molecule has 0 aromatic heterocycles. The molecular weight excluding hydrogens is 274 g/mol. The largest absolute Gasteiger partial charge is 0.482 e. The van der Waals surface area contributed by atoms with Crippen LogP contribution in [0.15, 0.2) is 17.0 Å². The summed E-state index contributed by atoms with van der Waals surface area (Å²) in [6, 6.07) is 3.68. The average molecular weight is 295 g/mol. The predicted molar refractivity (Wildman–Crippen MR) is 83.5 cm³/mol. The Labute approximate surface area is 123 Å². The maximum Gasteiger partial charge on any atom is 0.262 e. The van der Waals surface area contributed by atoms with E-state index in [9.17, 15) is 4.79 Å². The molecule has 1 heterocycles. The van der Waals surface area contributed by atoms with E-state index in [1.165, 1.54) is 0 Å². The first-order valence-electron chi connectivity index (χ1n) is 6.85. The SMILES string of the molecule is CCN(CC)CCSc1cc2c(cc1N)OCC(=O)N2. The number of anilines is 2. The molecular formula is C14H21N3O2S. The number of thioether (sulfide) groups is 1. The van der Waals surface area contributed by atoms with Crippen molar-refractivity contribution in [2.45, 2.75) is 18.7 Å². The highest BCUT2D eigenvalue weighted by molar-refractivity contribution is 7.99. The molecule has 0 saturated heterocycles. The van der Waals surface area contributed by atoms with Crippen molar-refractivity contribution < 1.29 is 9.53 Å². The van der Waals surface area contributed by atoms with Crippen LogP contribution < -0.4 is 15.8 Å². The van der Waals surface area contributed by atoms with Gasteiger partial charge in [0.1, 0.15) is 5.75 Å². The Morgan fingerprint density at radius 1 is 1.40 bits per heavy atom. The lowest BCUT2D eigenvalue weighted by Crippen LogP contribution is -2.26. The van der Waals surface area contributed by atoms with E-state index in [-0.39, 0.29) is 12.5 Å². The molecule has 2 rings (SSSR count). The number of benzene rings is 1. The van der Waals surface area contributed by atoms with Crippen LogP contribution in [0.2, 0.25) is 0 Å². The highest BCUT2D eigenvalue weighted by atomic mass is 32.2. The van der Waals surface area contributed by atoms with Crippen LogP contribution in [0.3, 0.4) is 0 Å². The van der Waals surface area contributed by atoms with Crippen molar-refractivity contribution in [2.24, 2.45) is 0 Å². The Kier molecular flexibility index (Phi) is 5.14. The molecule has 0 bridgehead atoms. The molecule has 0 spiro atoms. The second-order valence-corrected chi connectivity index (χ2v) is 5.74. The molecule has 1 amide bonds. The van der Waals surface area contributed by atoms with Crippen molar-refractivity contribution in [2.75, 3.05) is 43.0 Å². The normalized spacial score (nSPS) is 13.8. The minimum Gasteiger partial charge on any atom is -0.482 e. The van der Waals surface area contributed by atoms with Crippen LogP contribution >= 0.6 is 11.8 Å². The van der Waals surface area contributed by atoms with Crippen LogP contribution in [0.5, 0.6) is 5.75 Å². The fourth-order valence-electron chi connectivity index (χ4n) is 2.07.